The predicted octanol–water partition coefficient (Wildman–Crippen LogP) is 4.15. The molecular formula is C20H18ClFN4O4. The maximum absolute atomic E-state index is 14.4. The molecule has 1 saturated heterocycles. The standard InChI is InChI=1S/C20H18ClFN4O4/c1-28-9-11-8-26(20(27)30-11)16-6-12-15(7-17(16)29-2)23-10-24-19(12)25-14-5-3-4-13(21)18(14)22/h3-7,10-11H,8-9H2,1-2H3,(H,23,24,25). The Balaban J connectivity index is 1.78. The van der Waals surface area contributed by atoms with E-state index in [1.54, 1.807) is 24.3 Å². The van der Waals surface area contributed by atoms with Gasteiger partial charge in [0.1, 0.15) is 24.0 Å². The van der Waals surface area contributed by atoms with Crippen molar-refractivity contribution in [3.8, 4) is 5.75 Å². The molecule has 0 bridgehead atoms. The fourth-order valence-corrected chi connectivity index (χ4v) is 3.44. The van der Waals surface area contributed by atoms with Crippen LogP contribution in [-0.2, 0) is 9.47 Å². The summed E-state index contributed by atoms with van der Waals surface area (Å²) in [6.45, 7) is 0.579. The lowest BCUT2D eigenvalue weighted by Gasteiger charge is -2.18. The molecule has 1 aromatic heterocycles. The van der Waals surface area contributed by atoms with E-state index in [1.807, 2.05) is 0 Å². The van der Waals surface area contributed by atoms with Crippen LogP contribution in [0.5, 0.6) is 5.75 Å². The molecule has 2 aromatic carbocycles. The molecule has 1 aliphatic heterocycles. The van der Waals surface area contributed by atoms with E-state index in [2.05, 4.69) is 15.3 Å². The number of hydrogen-bond acceptors (Lipinski definition) is 7. The number of aromatic nitrogens is 2. The first kappa shape index (κ1) is 20.1. The van der Waals surface area contributed by atoms with E-state index >= 15 is 0 Å². The van der Waals surface area contributed by atoms with E-state index < -0.39 is 18.0 Å². The van der Waals surface area contributed by atoms with E-state index in [1.165, 1.54) is 31.5 Å². The van der Waals surface area contributed by atoms with Gasteiger partial charge in [-0.25, -0.2) is 19.2 Å². The van der Waals surface area contributed by atoms with Crippen LogP contribution in [0.4, 0.5) is 26.4 Å². The molecule has 30 heavy (non-hydrogen) atoms. The molecule has 1 fully saturated rings. The van der Waals surface area contributed by atoms with Crippen LogP contribution in [0.2, 0.25) is 5.02 Å². The van der Waals surface area contributed by atoms with E-state index in [4.69, 9.17) is 25.8 Å². The summed E-state index contributed by atoms with van der Waals surface area (Å²) in [5, 5.41) is 3.50. The number of carbonyl (C=O) groups is 1. The second-order valence-corrected chi connectivity index (χ2v) is 6.97. The van der Waals surface area contributed by atoms with Gasteiger partial charge in [0.25, 0.3) is 0 Å². The number of methoxy groups -OCH3 is 2. The third-order valence-corrected chi connectivity index (χ3v) is 4.95. The van der Waals surface area contributed by atoms with Crippen molar-refractivity contribution in [3.63, 3.8) is 0 Å². The molecule has 4 rings (SSSR count). The summed E-state index contributed by atoms with van der Waals surface area (Å²) in [6.07, 6.45) is 0.445. The second kappa shape index (κ2) is 8.29. The van der Waals surface area contributed by atoms with Gasteiger partial charge in [0, 0.05) is 18.6 Å². The molecule has 3 aromatic rings. The Morgan fingerprint density at radius 2 is 2.17 bits per heavy atom. The average molecular weight is 433 g/mol. The lowest BCUT2D eigenvalue weighted by molar-refractivity contribution is 0.0718. The van der Waals surface area contributed by atoms with Gasteiger partial charge in [-0.1, -0.05) is 17.7 Å². The lowest BCUT2D eigenvalue weighted by atomic mass is 10.1. The Labute approximate surface area is 176 Å². The summed E-state index contributed by atoms with van der Waals surface area (Å²) >= 11 is 5.87. The molecule has 8 nitrogen and oxygen atoms in total. The summed E-state index contributed by atoms with van der Waals surface area (Å²) in [7, 11) is 3.04. The number of hydrogen-bond donors (Lipinski definition) is 1. The van der Waals surface area contributed by atoms with E-state index in [9.17, 15) is 9.18 Å². The SMILES string of the molecule is COCC1CN(c2cc3c(Nc4cccc(Cl)c4F)ncnc3cc2OC)C(=O)O1. The number of nitrogens with zero attached hydrogens (tertiary/aromatic N) is 3. The van der Waals surface area contributed by atoms with Crippen molar-refractivity contribution in [3.05, 3.63) is 47.5 Å². The number of carbonyl (C=O) groups excluding carboxylic acids is 1. The average Bonchev–Trinajstić information content (AvgIpc) is 3.11. The molecule has 156 valence electrons. The van der Waals surface area contributed by atoms with Crippen molar-refractivity contribution in [1.29, 1.82) is 0 Å². The van der Waals surface area contributed by atoms with Crippen LogP contribution < -0.4 is 15.0 Å². The molecule has 2 heterocycles. The highest BCUT2D eigenvalue weighted by Gasteiger charge is 2.34. The highest BCUT2D eigenvalue weighted by Crippen LogP contribution is 2.37. The van der Waals surface area contributed by atoms with Crippen LogP contribution in [0.25, 0.3) is 10.9 Å². The Morgan fingerprint density at radius 1 is 1.33 bits per heavy atom. The molecule has 0 radical (unpaired) electrons. The van der Waals surface area contributed by atoms with Crippen LogP contribution in [0.3, 0.4) is 0 Å². The maximum Gasteiger partial charge on any atom is 0.414 e. The van der Waals surface area contributed by atoms with Gasteiger partial charge in [-0.05, 0) is 18.2 Å². The monoisotopic (exact) mass is 432 g/mol. The molecule has 1 amide bonds. The number of halogens is 2. The zero-order valence-electron chi connectivity index (χ0n) is 16.2. The molecule has 0 saturated carbocycles. The quantitative estimate of drug-likeness (QED) is 0.626. The van der Waals surface area contributed by atoms with Gasteiger partial charge in [0.2, 0.25) is 0 Å². The largest absolute Gasteiger partial charge is 0.494 e. The molecule has 1 aliphatic rings. The molecule has 0 aliphatic carbocycles. The number of rotatable bonds is 6. The fraction of sp³-hybridized carbons (Fsp3) is 0.250. The van der Waals surface area contributed by atoms with E-state index in [0.717, 1.165) is 0 Å². The molecular weight excluding hydrogens is 415 g/mol. The van der Waals surface area contributed by atoms with Crippen molar-refractivity contribution >= 4 is 45.8 Å². The topological polar surface area (TPSA) is 85.8 Å². The number of amides is 1. The maximum atomic E-state index is 14.4. The van der Waals surface area contributed by atoms with Crippen molar-refractivity contribution in [2.45, 2.75) is 6.10 Å². The van der Waals surface area contributed by atoms with E-state index in [0.29, 0.717) is 34.7 Å². The number of ether oxygens (including phenoxy) is 3. The molecule has 10 heteroatoms. The van der Waals surface area contributed by atoms with Crippen LogP contribution in [0, 0.1) is 5.82 Å². The smallest absolute Gasteiger partial charge is 0.414 e. The Kier molecular flexibility index (Phi) is 5.56. The summed E-state index contributed by atoms with van der Waals surface area (Å²) in [6, 6.07) is 8.02. The minimum atomic E-state index is -0.592. The van der Waals surface area contributed by atoms with Crippen molar-refractivity contribution in [2.24, 2.45) is 0 Å². The lowest BCUT2D eigenvalue weighted by Crippen LogP contribution is -2.26. The van der Waals surface area contributed by atoms with Gasteiger partial charge >= 0.3 is 6.09 Å². The van der Waals surface area contributed by atoms with Crippen LogP contribution >= 0.6 is 11.6 Å². The minimum absolute atomic E-state index is 0.00952. The third kappa shape index (κ3) is 3.69. The first-order valence-electron chi connectivity index (χ1n) is 9.02. The van der Waals surface area contributed by atoms with Gasteiger partial charge in [0.15, 0.2) is 5.82 Å². The molecule has 1 atom stereocenters. The Bertz CT molecular complexity index is 1110. The van der Waals surface area contributed by atoms with Crippen molar-refractivity contribution in [2.75, 3.05) is 37.6 Å². The van der Waals surface area contributed by atoms with Crippen molar-refractivity contribution < 1.29 is 23.4 Å². The second-order valence-electron chi connectivity index (χ2n) is 6.56. The Hall–Kier alpha value is -3.17. The summed E-state index contributed by atoms with van der Waals surface area (Å²) in [4.78, 5) is 22.4. The van der Waals surface area contributed by atoms with Crippen LogP contribution in [-0.4, -0.2) is 49.5 Å². The first-order chi connectivity index (χ1) is 14.5. The zero-order chi connectivity index (χ0) is 21.3. The summed E-state index contributed by atoms with van der Waals surface area (Å²) in [5.41, 5.74) is 1.20. The minimum Gasteiger partial charge on any atom is -0.494 e. The highest BCUT2D eigenvalue weighted by atomic mass is 35.5. The van der Waals surface area contributed by atoms with Gasteiger partial charge in [0.05, 0.1) is 42.2 Å². The Morgan fingerprint density at radius 3 is 2.93 bits per heavy atom. The number of cyclic esters (lactones) is 1. The van der Waals surface area contributed by atoms with Gasteiger partial charge in [-0.15, -0.1) is 0 Å². The zero-order valence-corrected chi connectivity index (χ0v) is 16.9. The molecule has 1 N–H and O–H groups in total. The summed E-state index contributed by atoms with van der Waals surface area (Å²) in [5.74, 6) is 0.201. The predicted molar refractivity (Wildman–Crippen MR) is 110 cm³/mol. The number of nitrogens with one attached hydrogen (secondary N) is 1. The third-order valence-electron chi connectivity index (χ3n) is 4.66. The number of benzene rings is 2. The fourth-order valence-electron chi connectivity index (χ4n) is 3.27. The van der Waals surface area contributed by atoms with Gasteiger partial charge in [-0.3, -0.25) is 4.90 Å². The van der Waals surface area contributed by atoms with Gasteiger partial charge < -0.3 is 19.5 Å². The highest BCUT2D eigenvalue weighted by molar-refractivity contribution is 6.31. The number of anilines is 3. The molecule has 0 spiro atoms. The summed E-state index contributed by atoms with van der Waals surface area (Å²) < 4.78 is 30.2. The normalized spacial score (nSPS) is 16.1. The van der Waals surface area contributed by atoms with Gasteiger partial charge in [-0.2, -0.15) is 0 Å². The molecule has 1 unspecified atom stereocenters. The van der Waals surface area contributed by atoms with Crippen molar-refractivity contribution in [1.82, 2.24) is 9.97 Å². The van der Waals surface area contributed by atoms with E-state index in [-0.39, 0.29) is 17.3 Å². The first-order valence-corrected chi connectivity index (χ1v) is 9.40. The van der Waals surface area contributed by atoms with Crippen LogP contribution in [0.15, 0.2) is 36.7 Å². The van der Waals surface area contributed by atoms with Crippen LogP contribution in [0.1, 0.15) is 0 Å². The number of fused-ring (bicyclic) bond motifs is 1.